The molecule has 0 saturated heterocycles. The lowest BCUT2D eigenvalue weighted by Crippen LogP contribution is -2.09. The zero-order chi connectivity index (χ0) is 19.4. The number of nitrogens with two attached hydrogens (primary N) is 1. The summed E-state index contributed by atoms with van der Waals surface area (Å²) >= 11 is 1.49. The minimum Gasteiger partial charge on any atom is -0.478 e. The first kappa shape index (κ1) is 18.8. The van der Waals surface area contributed by atoms with Crippen molar-refractivity contribution in [3.05, 3.63) is 58.7 Å². The van der Waals surface area contributed by atoms with Gasteiger partial charge in [-0.3, -0.25) is 4.79 Å². The summed E-state index contributed by atoms with van der Waals surface area (Å²) in [5.41, 5.74) is 6.52. The number of aromatic carboxylic acids is 1. The van der Waals surface area contributed by atoms with Crippen LogP contribution in [0.4, 0.5) is 10.2 Å². The number of carboxylic acid groups (broad SMARTS) is 1. The van der Waals surface area contributed by atoms with E-state index in [1.807, 2.05) is 30.3 Å². The van der Waals surface area contributed by atoms with Crippen LogP contribution < -0.4 is 5.73 Å². The maximum atomic E-state index is 12.6. The zero-order valence-corrected chi connectivity index (χ0v) is 15.2. The molecule has 3 aromatic rings. The van der Waals surface area contributed by atoms with E-state index in [1.54, 1.807) is 6.20 Å². The van der Waals surface area contributed by atoms with Gasteiger partial charge in [-0.05, 0) is 6.42 Å². The number of ketones is 1. The summed E-state index contributed by atoms with van der Waals surface area (Å²) in [6, 6.07) is 9.71. The highest BCUT2D eigenvalue weighted by Gasteiger charge is 2.24. The molecule has 1 aromatic carbocycles. The number of carbonyl (C=O) groups excluding carboxylic acids is 1. The minimum atomic E-state index is -1.29. The van der Waals surface area contributed by atoms with Crippen molar-refractivity contribution in [1.82, 2.24) is 9.55 Å². The number of hydrogen-bond acceptors (Lipinski definition) is 5. The summed E-state index contributed by atoms with van der Waals surface area (Å²) in [5, 5.41) is 10.2. The summed E-state index contributed by atoms with van der Waals surface area (Å²) in [6.45, 7) is -0.788. The molecule has 6 nitrogen and oxygen atoms in total. The second-order valence-electron chi connectivity index (χ2n) is 5.91. The number of carboxylic acids is 1. The first-order valence-corrected chi connectivity index (χ1v) is 9.14. The Morgan fingerprint density at radius 1 is 1.26 bits per heavy atom. The Bertz CT molecular complexity index is 966. The number of halogens is 1. The van der Waals surface area contributed by atoms with Crippen LogP contribution in [0.25, 0.3) is 10.6 Å². The molecule has 3 N–H and O–H groups in total. The molecule has 2 aromatic heterocycles. The second kappa shape index (κ2) is 8.13. The van der Waals surface area contributed by atoms with Crippen LogP contribution in [0.2, 0.25) is 0 Å². The van der Waals surface area contributed by atoms with E-state index < -0.39 is 12.6 Å². The van der Waals surface area contributed by atoms with E-state index in [1.165, 1.54) is 22.1 Å². The van der Waals surface area contributed by atoms with Gasteiger partial charge in [-0.1, -0.05) is 30.3 Å². The third-order valence-corrected chi connectivity index (χ3v) is 5.24. The van der Waals surface area contributed by atoms with E-state index in [9.17, 15) is 19.1 Å². The minimum absolute atomic E-state index is 0.0150. The highest BCUT2D eigenvalue weighted by atomic mass is 32.1. The fourth-order valence-corrected chi connectivity index (χ4v) is 3.71. The molecule has 0 amide bonds. The van der Waals surface area contributed by atoms with Gasteiger partial charge in [-0.2, -0.15) is 0 Å². The number of benzene rings is 1. The molecule has 3 rings (SSSR count). The van der Waals surface area contributed by atoms with Crippen molar-refractivity contribution < 1.29 is 19.1 Å². The molecular weight excluding hydrogens is 369 g/mol. The molecule has 0 fully saturated rings. The predicted octanol–water partition coefficient (Wildman–Crippen LogP) is 3.68. The third-order valence-electron chi connectivity index (χ3n) is 4.13. The number of aryl methyl sites for hydroxylation is 2. The molecule has 0 atom stereocenters. The Morgan fingerprint density at radius 3 is 2.67 bits per heavy atom. The third kappa shape index (κ3) is 4.06. The number of thiazole rings is 1. The smallest absolute Gasteiger partial charge is 0.340 e. The van der Waals surface area contributed by atoms with Crippen molar-refractivity contribution in [3.8, 4) is 10.6 Å². The molecule has 0 bridgehead atoms. The van der Waals surface area contributed by atoms with Crippen molar-refractivity contribution in [2.24, 2.45) is 0 Å². The summed E-state index contributed by atoms with van der Waals surface area (Å²) in [5.74, 6) is -1.74. The van der Waals surface area contributed by atoms with Gasteiger partial charge in [-0.15, -0.1) is 11.3 Å². The summed E-state index contributed by atoms with van der Waals surface area (Å²) in [6.07, 6.45) is 3.61. The van der Waals surface area contributed by atoms with Crippen LogP contribution in [0.5, 0.6) is 0 Å². The quantitative estimate of drug-likeness (QED) is 0.575. The molecular formula is C19H18FN3O3S. The molecule has 0 aliphatic carbocycles. The van der Waals surface area contributed by atoms with Gasteiger partial charge in [0.1, 0.15) is 23.1 Å². The van der Waals surface area contributed by atoms with E-state index in [-0.39, 0.29) is 35.7 Å². The van der Waals surface area contributed by atoms with Gasteiger partial charge in [0.2, 0.25) is 0 Å². The van der Waals surface area contributed by atoms with Gasteiger partial charge in [0.15, 0.2) is 5.78 Å². The average molecular weight is 387 g/mol. The topological polar surface area (TPSA) is 98.2 Å². The highest BCUT2D eigenvalue weighted by molar-refractivity contribution is 7.15. The molecule has 2 heterocycles. The maximum Gasteiger partial charge on any atom is 0.340 e. The van der Waals surface area contributed by atoms with E-state index in [4.69, 9.17) is 5.73 Å². The van der Waals surface area contributed by atoms with E-state index in [0.717, 1.165) is 15.4 Å². The molecule has 140 valence electrons. The number of alkyl halides is 1. The van der Waals surface area contributed by atoms with Crippen molar-refractivity contribution in [3.63, 3.8) is 0 Å². The monoisotopic (exact) mass is 387 g/mol. The van der Waals surface area contributed by atoms with Crippen molar-refractivity contribution in [2.45, 2.75) is 19.4 Å². The number of nitrogen functional groups attached to an aromatic ring is 1. The van der Waals surface area contributed by atoms with Gasteiger partial charge >= 0.3 is 5.97 Å². The zero-order valence-electron chi connectivity index (χ0n) is 14.4. The number of aromatic nitrogens is 2. The van der Waals surface area contributed by atoms with Crippen molar-refractivity contribution >= 4 is 28.9 Å². The van der Waals surface area contributed by atoms with Crippen molar-refractivity contribution in [1.29, 1.82) is 0 Å². The number of carbonyl (C=O) groups is 2. The fourth-order valence-electron chi connectivity index (χ4n) is 2.79. The van der Waals surface area contributed by atoms with Crippen LogP contribution in [0.1, 0.15) is 32.0 Å². The first-order chi connectivity index (χ1) is 13.0. The van der Waals surface area contributed by atoms with E-state index in [0.29, 0.717) is 6.42 Å². The van der Waals surface area contributed by atoms with Gasteiger partial charge in [0, 0.05) is 29.3 Å². The standard InChI is InChI=1S/C19H18FN3O3S/c20-8-9-23-11-14(16(17(23)21)19(25)26)15(24)7-6-13-10-22-18(27-13)12-4-2-1-3-5-12/h1-5,10-11H,6-9,21H2,(H,25,26). The molecule has 27 heavy (non-hydrogen) atoms. The Morgan fingerprint density at radius 2 is 2.00 bits per heavy atom. The maximum absolute atomic E-state index is 12.6. The molecule has 0 radical (unpaired) electrons. The highest BCUT2D eigenvalue weighted by Crippen LogP contribution is 2.27. The Kier molecular flexibility index (Phi) is 5.66. The molecule has 0 aliphatic rings. The SMILES string of the molecule is Nc1c(C(=O)O)c(C(=O)CCc2cnc(-c3ccccc3)s2)cn1CCF. The van der Waals surface area contributed by atoms with Gasteiger partial charge in [-0.25, -0.2) is 14.2 Å². The van der Waals surface area contributed by atoms with E-state index >= 15 is 0 Å². The fraction of sp³-hybridized carbons (Fsp3) is 0.211. The van der Waals surface area contributed by atoms with Crippen LogP contribution in [0.3, 0.4) is 0 Å². The lowest BCUT2D eigenvalue weighted by atomic mass is 10.0. The van der Waals surface area contributed by atoms with E-state index in [2.05, 4.69) is 4.98 Å². The second-order valence-corrected chi connectivity index (χ2v) is 7.03. The predicted molar refractivity (Wildman–Crippen MR) is 102 cm³/mol. The number of nitrogens with zero attached hydrogens (tertiary/aromatic N) is 2. The number of Topliss-reactive ketones (excluding diaryl/α,β-unsaturated/α-hetero) is 1. The van der Waals surface area contributed by atoms with Crippen LogP contribution >= 0.6 is 11.3 Å². The molecule has 0 saturated carbocycles. The Hall–Kier alpha value is -3.00. The van der Waals surface area contributed by atoms with Crippen molar-refractivity contribution in [2.75, 3.05) is 12.4 Å². The van der Waals surface area contributed by atoms with Crippen LogP contribution in [0, 0.1) is 0 Å². The van der Waals surface area contributed by atoms with Crippen LogP contribution in [-0.4, -0.2) is 33.1 Å². The molecule has 0 aliphatic heterocycles. The summed E-state index contributed by atoms with van der Waals surface area (Å²) in [4.78, 5) is 29.3. The van der Waals surface area contributed by atoms with Gasteiger partial charge in [0.25, 0.3) is 0 Å². The van der Waals surface area contributed by atoms with Crippen LogP contribution in [-0.2, 0) is 13.0 Å². The number of anilines is 1. The normalized spacial score (nSPS) is 10.9. The lowest BCUT2D eigenvalue weighted by Gasteiger charge is -2.01. The molecule has 0 spiro atoms. The number of rotatable bonds is 8. The van der Waals surface area contributed by atoms with Gasteiger partial charge in [0.05, 0.1) is 12.1 Å². The molecule has 0 unspecified atom stereocenters. The number of hydrogen-bond donors (Lipinski definition) is 2. The van der Waals surface area contributed by atoms with Gasteiger partial charge < -0.3 is 15.4 Å². The average Bonchev–Trinajstić information content (AvgIpc) is 3.26. The molecule has 8 heteroatoms. The lowest BCUT2D eigenvalue weighted by molar-refractivity contribution is 0.0693. The summed E-state index contributed by atoms with van der Waals surface area (Å²) < 4.78 is 13.9. The largest absolute Gasteiger partial charge is 0.478 e. The Labute approximate surface area is 159 Å². The summed E-state index contributed by atoms with van der Waals surface area (Å²) in [7, 11) is 0. The Balaban J connectivity index is 1.74. The van der Waals surface area contributed by atoms with Crippen LogP contribution in [0.15, 0.2) is 42.7 Å². The first-order valence-electron chi connectivity index (χ1n) is 8.32.